The molecule has 0 unspecified atom stereocenters. The highest BCUT2D eigenvalue weighted by atomic mass is 16.6. The molecule has 344 valence electrons. The van der Waals surface area contributed by atoms with Gasteiger partial charge in [-0.25, -0.2) is 0 Å². The van der Waals surface area contributed by atoms with Crippen LogP contribution in [0.25, 0.3) is 0 Å². The largest absolute Gasteiger partial charge is 0.462 e. The molecule has 0 rings (SSSR count). The van der Waals surface area contributed by atoms with E-state index in [9.17, 15) is 14.4 Å². The van der Waals surface area contributed by atoms with Gasteiger partial charge < -0.3 is 14.2 Å². The van der Waals surface area contributed by atoms with Gasteiger partial charge in [-0.05, 0) is 96.3 Å². The Balaban J connectivity index is 4.35. The summed E-state index contributed by atoms with van der Waals surface area (Å²) in [5.41, 5.74) is 0. The van der Waals surface area contributed by atoms with E-state index in [1.165, 1.54) is 148 Å². The topological polar surface area (TPSA) is 78.9 Å². The lowest BCUT2D eigenvalue weighted by atomic mass is 10.1. The SMILES string of the molecule is CCCCC/C=C\CCCCCCCC(=O)OC[C@H](COC(=O)CCCCCCCCC/C=C\CCCCCCCC)OC(=O)CCCCCCC/C=C\CCCCC. The first kappa shape index (κ1) is 56.6. The third kappa shape index (κ3) is 46.5. The van der Waals surface area contributed by atoms with Gasteiger partial charge in [0.1, 0.15) is 13.2 Å². The summed E-state index contributed by atoms with van der Waals surface area (Å²) in [6.07, 6.45) is 55.5. The Morgan fingerprint density at radius 3 is 0.881 bits per heavy atom. The summed E-state index contributed by atoms with van der Waals surface area (Å²) in [6, 6.07) is 0. The molecule has 0 radical (unpaired) electrons. The highest BCUT2D eigenvalue weighted by Crippen LogP contribution is 2.14. The fraction of sp³-hybridized carbons (Fsp3) is 0.830. The molecule has 0 bridgehead atoms. The summed E-state index contributed by atoms with van der Waals surface area (Å²) >= 11 is 0. The van der Waals surface area contributed by atoms with E-state index in [1.54, 1.807) is 0 Å². The molecule has 0 aliphatic heterocycles. The second kappa shape index (κ2) is 48.3. The predicted molar refractivity (Wildman–Crippen MR) is 252 cm³/mol. The summed E-state index contributed by atoms with van der Waals surface area (Å²) in [6.45, 7) is 6.58. The Hall–Kier alpha value is -2.37. The average Bonchev–Trinajstić information content (AvgIpc) is 3.23. The van der Waals surface area contributed by atoms with Gasteiger partial charge in [-0.2, -0.15) is 0 Å². The van der Waals surface area contributed by atoms with E-state index in [-0.39, 0.29) is 31.1 Å². The Morgan fingerprint density at radius 1 is 0.322 bits per heavy atom. The van der Waals surface area contributed by atoms with Crippen LogP contribution in [0.3, 0.4) is 0 Å². The molecule has 1 atom stereocenters. The molecule has 0 aliphatic rings. The van der Waals surface area contributed by atoms with E-state index in [1.807, 2.05) is 0 Å². The number of rotatable bonds is 46. The lowest BCUT2D eigenvalue weighted by Crippen LogP contribution is -2.30. The van der Waals surface area contributed by atoms with E-state index < -0.39 is 6.10 Å². The minimum absolute atomic E-state index is 0.0791. The Kier molecular flexibility index (Phi) is 46.4. The molecule has 0 aromatic heterocycles. The molecule has 6 heteroatoms. The maximum Gasteiger partial charge on any atom is 0.306 e. The number of hydrogen-bond acceptors (Lipinski definition) is 6. The first-order valence-electron chi connectivity index (χ1n) is 25.5. The molecule has 0 spiro atoms. The van der Waals surface area contributed by atoms with Crippen molar-refractivity contribution in [2.75, 3.05) is 13.2 Å². The van der Waals surface area contributed by atoms with E-state index in [2.05, 4.69) is 57.2 Å². The fourth-order valence-electron chi connectivity index (χ4n) is 7.19. The minimum atomic E-state index is -0.778. The summed E-state index contributed by atoms with van der Waals surface area (Å²) in [5.74, 6) is -0.895. The molecule has 0 fully saturated rings. The normalized spacial score (nSPS) is 12.3. The maximum atomic E-state index is 12.7. The van der Waals surface area contributed by atoms with Crippen molar-refractivity contribution in [3.8, 4) is 0 Å². The third-order valence-corrected chi connectivity index (χ3v) is 11.1. The zero-order valence-corrected chi connectivity index (χ0v) is 39.3. The van der Waals surface area contributed by atoms with Crippen LogP contribution in [0, 0.1) is 0 Å². The average molecular weight is 829 g/mol. The molecule has 0 heterocycles. The van der Waals surface area contributed by atoms with Gasteiger partial charge in [0.05, 0.1) is 0 Å². The summed E-state index contributed by atoms with van der Waals surface area (Å²) in [4.78, 5) is 37.9. The molecule has 0 saturated carbocycles. The number of unbranched alkanes of at least 4 members (excludes halogenated alkanes) is 29. The van der Waals surface area contributed by atoms with Gasteiger partial charge in [0.25, 0.3) is 0 Å². The van der Waals surface area contributed by atoms with Crippen LogP contribution < -0.4 is 0 Å². The van der Waals surface area contributed by atoms with Crippen LogP contribution >= 0.6 is 0 Å². The molecule has 0 amide bonds. The molecular weight excluding hydrogens is 733 g/mol. The Morgan fingerprint density at radius 2 is 0.559 bits per heavy atom. The zero-order chi connectivity index (χ0) is 43.0. The molecular formula is C53H96O6. The van der Waals surface area contributed by atoms with E-state index in [0.717, 1.165) is 77.0 Å². The first-order chi connectivity index (χ1) is 29.0. The van der Waals surface area contributed by atoms with Gasteiger partial charge in [0, 0.05) is 19.3 Å². The van der Waals surface area contributed by atoms with Crippen molar-refractivity contribution >= 4 is 17.9 Å². The van der Waals surface area contributed by atoms with E-state index in [0.29, 0.717) is 19.3 Å². The van der Waals surface area contributed by atoms with Crippen molar-refractivity contribution in [2.45, 2.75) is 271 Å². The number of allylic oxidation sites excluding steroid dienone is 6. The van der Waals surface area contributed by atoms with Crippen LogP contribution in [0.4, 0.5) is 0 Å². The number of hydrogen-bond donors (Lipinski definition) is 0. The Labute approximate surface area is 365 Å². The standard InChI is InChI=1S/C53H96O6/c1-4-7-10-13-16-19-22-25-26-27-28-29-32-34-37-40-43-46-52(55)58-49-50(59-53(56)47-44-41-38-35-31-24-21-18-15-12-9-6-3)48-57-51(54)45-42-39-36-33-30-23-20-17-14-11-8-5-2/h17-18,20-21,25-26,50H,4-16,19,22-24,27-49H2,1-3H3/b20-17-,21-18-,26-25-/t50-/m1/s1. The van der Waals surface area contributed by atoms with Crippen LogP contribution in [-0.2, 0) is 28.6 Å². The fourth-order valence-corrected chi connectivity index (χ4v) is 7.19. The van der Waals surface area contributed by atoms with Gasteiger partial charge in [-0.3, -0.25) is 14.4 Å². The molecule has 6 nitrogen and oxygen atoms in total. The number of esters is 3. The number of carbonyl (C=O) groups excluding carboxylic acids is 3. The maximum absolute atomic E-state index is 12.7. The van der Waals surface area contributed by atoms with Crippen molar-refractivity contribution in [3.05, 3.63) is 36.5 Å². The predicted octanol–water partition coefficient (Wildman–Crippen LogP) is 16.5. The van der Waals surface area contributed by atoms with Gasteiger partial charge in [0.2, 0.25) is 0 Å². The van der Waals surface area contributed by atoms with Crippen LogP contribution in [0.2, 0.25) is 0 Å². The monoisotopic (exact) mass is 829 g/mol. The Bertz CT molecular complexity index is 1000. The first-order valence-corrected chi connectivity index (χ1v) is 25.5. The smallest absolute Gasteiger partial charge is 0.306 e. The van der Waals surface area contributed by atoms with E-state index in [4.69, 9.17) is 14.2 Å². The summed E-state index contributed by atoms with van der Waals surface area (Å²) in [5, 5.41) is 0. The number of ether oxygens (including phenoxy) is 3. The summed E-state index contributed by atoms with van der Waals surface area (Å²) < 4.78 is 16.8. The molecule has 0 N–H and O–H groups in total. The molecule has 59 heavy (non-hydrogen) atoms. The van der Waals surface area contributed by atoms with Crippen molar-refractivity contribution in [1.29, 1.82) is 0 Å². The van der Waals surface area contributed by atoms with E-state index >= 15 is 0 Å². The van der Waals surface area contributed by atoms with Crippen molar-refractivity contribution in [3.63, 3.8) is 0 Å². The molecule has 0 aromatic carbocycles. The number of carbonyl (C=O) groups is 3. The van der Waals surface area contributed by atoms with Crippen molar-refractivity contribution in [2.24, 2.45) is 0 Å². The lowest BCUT2D eigenvalue weighted by Gasteiger charge is -2.18. The lowest BCUT2D eigenvalue weighted by molar-refractivity contribution is -0.167. The zero-order valence-electron chi connectivity index (χ0n) is 39.3. The van der Waals surface area contributed by atoms with Crippen LogP contribution in [-0.4, -0.2) is 37.2 Å². The minimum Gasteiger partial charge on any atom is -0.462 e. The molecule has 0 saturated heterocycles. The van der Waals surface area contributed by atoms with Crippen LogP contribution in [0.5, 0.6) is 0 Å². The van der Waals surface area contributed by atoms with Gasteiger partial charge >= 0.3 is 17.9 Å². The van der Waals surface area contributed by atoms with Gasteiger partial charge in [-0.15, -0.1) is 0 Å². The van der Waals surface area contributed by atoms with Gasteiger partial charge in [0.15, 0.2) is 6.10 Å². The molecule has 0 aliphatic carbocycles. The van der Waals surface area contributed by atoms with Crippen molar-refractivity contribution in [1.82, 2.24) is 0 Å². The second-order valence-corrected chi connectivity index (χ2v) is 17.1. The second-order valence-electron chi connectivity index (χ2n) is 17.1. The molecule has 0 aromatic rings. The van der Waals surface area contributed by atoms with Crippen LogP contribution in [0.1, 0.15) is 265 Å². The quantitative estimate of drug-likeness (QED) is 0.0263. The summed E-state index contributed by atoms with van der Waals surface area (Å²) in [7, 11) is 0. The van der Waals surface area contributed by atoms with Gasteiger partial charge in [-0.1, -0.05) is 186 Å². The highest BCUT2D eigenvalue weighted by molar-refractivity contribution is 5.71. The third-order valence-electron chi connectivity index (χ3n) is 11.1. The van der Waals surface area contributed by atoms with Crippen LogP contribution in [0.15, 0.2) is 36.5 Å². The highest BCUT2D eigenvalue weighted by Gasteiger charge is 2.19. The van der Waals surface area contributed by atoms with Crippen molar-refractivity contribution < 1.29 is 28.6 Å².